The first-order valence-electron chi connectivity index (χ1n) is 14.0. The van der Waals surface area contributed by atoms with Gasteiger partial charge in [-0.1, -0.05) is 51.7 Å². The van der Waals surface area contributed by atoms with Crippen molar-refractivity contribution in [2.75, 3.05) is 24.7 Å². The molecular formula is C30H45NO6S. The number of aryl methyl sites for hydroxylation is 1. The molecule has 1 aliphatic rings. The molecule has 1 saturated heterocycles. The number of esters is 1. The minimum atomic E-state index is -0.648. The van der Waals surface area contributed by atoms with Crippen LogP contribution >= 0.6 is 11.3 Å². The van der Waals surface area contributed by atoms with E-state index in [9.17, 15) is 19.8 Å². The first-order valence-corrected chi connectivity index (χ1v) is 14.8. The Bertz CT molecular complexity index is 944. The summed E-state index contributed by atoms with van der Waals surface area (Å²) < 4.78 is 5.07. The van der Waals surface area contributed by atoms with Crippen molar-refractivity contribution in [1.29, 1.82) is 0 Å². The summed E-state index contributed by atoms with van der Waals surface area (Å²) in [5, 5.41) is 28.3. The Kier molecular flexibility index (Phi) is 15.2. The van der Waals surface area contributed by atoms with Gasteiger partial charge in [0.2, 0.25) is 5.91 Å². The normalized spacial score (nSPS) is 14.7. The monoisotopic (exact) mass is 547 g/mol. The van der Waals surface area contributed by atoms with Gasteiger partial charge in [0.15, 0.2) is 0 Å². The van der Waals surface area contributed by atoms with Crippen molar-refractivity contribution in [1.82, 2.24) is 0 Å². The lowest BCUT2D eigenvalue weighted by molar-refractivity contribution is -0.117. The number of amides is 1. The number of aliphatic hydroxyl groups excluding tert-OH is 3. The second-order valence-electron chi connectivity index (χ2n) is 9.74. The molecule has 38 heavy (non-hydrogen) atoms. The summed E-state index contributed by atoms with van der Waals surface area (Å²) in [6.45, 7) is 5.22. The highest BCUT2D eigenvalue weighted by Gasteiger charge is 2.21. The van der Waals surface area contributed by atoms with Crippen molar-refractivity contribution in [3.05, 3.63) is 51.7 Å². The van der Waals surface area contributed by atoms with Gasteiger partial charge >= 0.3 is 5.97 Å². The molecule has 3 N–H and O–H groups in total. The zero-order valence-electron chi connectivity index (χ0n) is 22.9. The third kappa shape index (κ3) is 11.2. The molecule has 0 spiro atoms. The maximum Gasteiger partial charge on any atom is 0.348 e. The van der Waals surface area contributed by atoms with E-state index in [1.54, 1.807) is 6.07 Å². The van der Waals surface area contributed by atoms with E-state index < -0.39 is 6.10 Å². The molecule has 1 aliphatic heterocycles. The molecule has 1 aromatic carbocycles. The minimum absolute atomic E-state index is 0.0191. The van der Waals surface area contributed by atoms with E-state index in [0.29, 0.717) is 24.1 Å². The Labute approximate surface area is 231 Å². The summed E-state index contributed by atoms with van der Waals surface area (Å²) in [5.74, 6) is -0.162. The predicted octanol–water partition coefficient (Wildman–Crippen LogP) is 5.81. The van der Waals surface area contributed by atoms with Crippen LogP contribution in [-0.2, 0) is 16.0 Å². The quantitative estimate of drug-likeness (QED) is 0.192. The Hall–Kier alpha value is -2.26. The Morgan fingerprint density at radius 3 is 2.37 bits per heavy atom. The number of nitrogens with zero attached hydrogens (tertiary/aromatic N) is 1. The summed E-state index contributed by atoms with van der Waals surface area (Å²) >= 11 is 1.45. The molecule has 1 fully saturated rings. The van der Waals surface area contributed by atoms with E-state index in [-0.39, 0.29) is 31.2 Å². The van der Waals surface area contributed by atoms with Crippen LogP contribution < -0.4 is 4.90 Å². The van der Waals surface area contributed by atoms with E-state index in [4.69, 9.17) is 9.84 Å². The van der Waals surface area contributed by atoms with Gasteiger partial charge in [0.25, 0.3) is 0 Å². The zero-order chi connectivity index (χ0) is 27.8. The first kappa shape index (κ1) is 32.0. The van der Waals surface area contributed by atoms with Crippen molar-refractivity contribution in [2.24, 2.45) is 0 Å². The molecule has 1 amide bonds. The van der Waals surface area contributed by atoms with E-state index in [2.05, 4.69) is 13.8 Å². The molecule has 0 saturated carbocycles. The van der Waals surface area contributed by atoms with Crippen molar-refractivity contribution in [2.45, 2.75) is 96.7 Å². The molecular weight excluding hydrogens is 502 g/mol. The maximum atomic E-state index is 11.7. The number of benzene rings is 1. The van der Waals surface area contributed by atoms with Gasteiger partial charge in [0, 0.05) is 30.1 Å². The number of hydrogen-bond acceptors (Lipinski definition) is 7. The van der Waals surface area contributed by atoms with Crippen LogP contribution in [-0.4, -0.2) is 53.1 Å². The maximum absolute atomic E-state index is 11.7. The largest absolute Gasteiger partial charge is 0.459 e. The highest BCUT2D eigenvalue weighted by Crippen LogP contribution is 2.25. The number of rotatable bonds is 15. The highest BCUT2D eigenvalue weighted by molar-refractivity contribution is 7.13. The Morgan fingerprint density at radius 1 is 1.00 bits per heavy atom. The lowest BCUT2D eigenvalue weighted by atomic mass is 10.0. The van der Waals surface area contributed by atoms with Crippen LogP contribution in [0.15, 0.2) is 36.4 Å². The molecule has 7 nitrogen and oxygen atoms in total. The van der Waals surface area contributed by atoms with Crippen LogP contribution in [0.25, 0.3) is 0 Å². The molecule has 2 atom stereocenters. The average Bonchev–Trinajstić information content (AvgIpc) is 3.57. The number of aliphatic hydroxyl groups is 3. The third-order valence-electron chi connectivity index (χ3n) is 6.46. The number of carbonyl (C=O) groups is 2. The summed E-state index contributed by atoms with van der Waals surface area (Å²) in [7, 11) is 0. The number of unbranched alkanes of at least 4 members (excludes halogenated alkanes) is 3. The topological polar surface area (TPSA) is 107 Å². The predicted molar refractivity (Wildman–Crippen MR) is 153 cm³/mol. The fourth-order valence-electron chi connectivity index (χ4n) is 4.24. The van der Waals surface area contributed by atoms with E-state index in [0.717, 1.165) is 62.7 Å². The molecule has 2 heterocycles. The van der Waals surface area contributed by atoms with Crippen molar-refractivity contribution in [3.8, 4) is 0 Å². The molecule has 1 unspecified atom stereocenters. The number of anilines is 1. The SMILES string of the molecule is CCCCC[C@H](O)c1ccc(N2CCCC2=O)cc1.CCCc1ccc(C(=O)OCC(O)CCCCO)s1. The molecule has 1 aromatic heterocycles. The molecule has 2 aromatic rings. The van der Waals surface area contributed by atoms with Gasteiger partial charge in [-0.2, -0.15) is 0 Å². The fourth-order valence-corrected chi connectivity index (χ4v) is 5.24. The first-order chi connectivity index (χ1) is 18.4. The van der Waals surface area contributed by atoms with Gasteiger partial charge in [-0.15, -0.1) is 11.3 Å². The van der Waals surface area contributed by atoms with Crippen LogP contribution in [0.3, 0.4) is 0 Å². The molecule has 0 aliphatic carbocycles. The van der Waals surface area contributed by atoms with Crippen LogP contribution in [0.4, 0.5) is 5.69 Å². The van der Waals surface area contributed by atoms with Gasteiger partial charge in [-0.3, -0.25) is 4.79 Å². The summed E-state index contributed by atoms with van der Waals surface area (Å²) in [4.78, 5) is 27.0. The smallest absolute Gasteiger partial charge is 0.348 e. The fraction of sp³-hybridized carbons (Fsp3) is 0.600. The Balaban J connectivity index is 0.000000267. The lowest BCUT2D eigenvalue weighted by Crippen LogP contribution is -2.23. The van der Waals surface area contributed by atoms with Crippen LogP contribution in [0.1, 0.15) is 104 Å². The van der Waals surface area contributed by atoms with Gasteiger partial charge in [0.05, 0.1) is 12.2 Å². The van der Waals surface area contributed by atoms with E-state index >= 15 is 0 Å². The number of carbonyl (C=O) groups excluding carboxylic acids is 2. The van der Waals surface area contributed by atoms with Gasteiger partial charge in [0.1, 0.15) is 11.5 Å². The van der Waals surface area contributed by atoms with E-state index in [1.807, 2.05) is 35.2 Å². The third-order valence-corrected chi connectivity index (χ3v) is 7.58. The summed E-state index contributed by atoms with van der Waals surface area (Å²) in [6.07, 6.45) is 8.74. The number of thiophene rings is 1. The summed E-state index contributed by atoms with van der Waals surface area (Å²) in [5.41, 5.74) is 1.90. The van der Waals surface area contributed by atoms with Gasteiger partial charge < -0.3 is 25.0 Å². The average molecular weight is 548 g/mol. The highest BCUT2D eigenvalue weighted by atomic mass is 32.1. The minimum Gasteiger partial charge on any atom is -0.459 e. The second kappa shape index (κ2) is 18.1. The number of hydrogen-bond donors (Lipinski definition) is 3. The Morgan fingerprint density at radius 2 is 1.74 bits per heavy atom. The molecule has 0 bridgehead atoms. The van der Waals surface area contributed by atoms with Crippen molar-refractivity contribution >= 4 is 28.9 Å². The molecule has 3 rings (SSSR count). The summed E-state index contributed by atoms with van der Waals surface area (Å²) in [6, 6.07) is 11.5. The molecule has 8 heteroatoms. The second-order valence-corrected chi connectivity index (χ2v) is 10.9. The van der Waals surface area contributed by atoms with E-state index in [1.165, 1.54) is 22.6 Å². The van der Waals surface area contributed by atoms with Gasteiger partial charge in [-0.05, 0) is 68.4 Å². The number of ether oxygens (including phenoxy) is 1. The van der Waals surface area contributed by atoms with Crippen molar-refractivity contribution in [3.63, 3.8) is 0 Å². The van der Waals surface area contributed by atoms with Crippen molar-refractivity contribution < 1.29 is 29.6 Å². The van der Waals surface area contributed by atoms with Crippen LogP contribution in [0, 0.1) is 0 Å². The van der Waals surface area contributed by atoms with Gasteiger partial charge in [-0.25, -0.2) is 4.79 Å². The van der Waals surface area contributed by atoms with Crippen LogP contribution in [0.5, 0.6) is 0 Å². The molecule has 212 valence electrons. The standard InChI is InChI=1S/C16H23NO2.C14H22O4S/c1-2-3-4-6-15(18)13-8-10-14(11-9-13)17-12-5-7-16(17)19;1-2-5-12-7-8-13(19-12)14(17)18-10-11(16)6-3-4-9-15/h8-11,15,18H,2-7,12H2,1H3;7-8,11,15-16H,2-6,9-10H2,1H3/t15-;/m0./s1. The zero-order valence-corrected chi connectivity index (χ0v) is 23.8. The van der Waals surface area contributed by atoms with Crippen LogP contribution in [0.2, 0.25) is 0 Å². The molecule has 0 radical (unpaired) electrons. The lowest BCUT2D eigenvalue weighted by Gasteiger charge is -2.17.